The second-order valence-electron chi connectivity index (χ2n) is 11.4. The monoisotopic (exact) mass is 538 g/mol. The molecular formula is C32H42O7. The number of rotatable bonds is 6. The van der Waals surface area contributed by atoms with Crippen molar-refractivity contribution in [1.29, 1.82) is 0 Å². The molecule has 7 heteroatoms. The molecule has 4 rings (SSSR count). The van der Waals surface area contributed by atoms with Gasteiger partial charge in [-0.25, -0.2) is 9.59 Å². The summed E-state index contributed by atoms with van der Waals surface area (Å²) in [6, 6.07) is 0. The van der Waals surface area contributed by atoms with Crippen molar-refractivity contribution in [1.82, 2.24) is 0 Å². The van der Waals surface area contributed by atoms with Gasteiger partial charge in [0.2, 0.25) is 0 Å². The van der Waals surface area contributed by atoms with E-state index in [0.717, 1.165) is 99.3 Å². The van der Waals surface area contributed by atoms with Crippen LogP contribution < -0.4 is 0 Å². The average Bonchev–Trinajstić information content (AvgIpc) is 3.48. The van der Waals surface area contributed by atoms with Crippen LogP contribution in [0.25, 0.3) is 0 Å². The molecule has 0 bridgehead atoms. The molecule has 0 saturated heterocycles. The Bertz CT molecular complexity index is 1020. The van der Waals surface area contributed by atoms with E-state index in [1.54, 1.807) is 0 Å². The third-order valence-electron chi connectivity index (χ3n) is 8.76. The summed E-state index contributed by atoms with van der Waals surface area (Å²) in [5, 5.41) is 20.2. The molecule has 0 aromatic carbocycles. The molecule has 0 aromatic heterocycles. The van der Waals surface area contributed by atoms with Crippen LogP contribution in [-0.2, 0) is 23.9 Å². The van der Waals surface area contributed by atoms with E-state index in [-0.39, 0.29) is 11.1 Å². The predicted molar refractivity (Wildman–Crippen MR) is 147 cm³/mol. The molecule has 39 heavy (non-hydrogen) atoms. The molecule has 4 aliphatic rings. The van der Waals surface area contributed by atoms with Gasteiger partial charge in [-0.1, -0.05) is 37.8 Å². The summed E-state index contributed by atoms with van der Waals surface area (Å²) >= 11 is 0. The SMILES string of the molecule is O=C(OC(=O)C1=C(C2=CCCCCC2)CCCCC1C(=O)O)C1=C(C2=CCCCCC2)CCCCC1C(=O)O. The van der Waals surface area contributed by atoms with Crippen molar-refractivity contribution in [2.45, 2.75) is 116 Å². The van der Waals surface area contributed by atoms with Crippen molar-refractivity contribution < 1.29 is 34.1 Å². The van der Waals surface area contributed by atoms with Crippen molar-refractivity contribution in [3.63, 3.8) is 0 Å². The summed E-state index contributed by atoms with van der Waals surface area (Å²) < 4.78 is 5.53. The number of carbonyl (C=O) groups excluding carboxylic acids is 2. The zero-order valence-electron chi connectivity index (χ0n) is 23.0. The van der Waals surface area contributed by atoms with Crippen LogP contribution in [0.5, 0.6) is 0 Å². The average molecular weight is 539 g/mol. The van der Waals surface area contributed by atoms with E-state index >= 15 is 0 Å². The minimum absolute atomic E-state index is 0.0813. The maximum absolute atomic E-state index is 13.8. The van der Waals surface area contributed by atoms with Crippen LogP contribution >= 0.6 is 0 Å². The third-order valence-corrected chi connectivity index (χ3v) is 8.76. The molecule has 0 fully saturated rings. The Balaban J connectivity index is 1.75. The van der Waals surface area contributed by atoms with Crippen molar-refractivity contribution in [3.05, 3.63) is 45.6 Å². The van der Waals surface area contributed by atoms with E-state index < -0.39 is 35.7 Å². The van der Waals surface area contributed by atoms with Gasteiger partial charge in [0.25, 0.3) is 0 Å². The molecule has 212 valence electrons. The van der Waals surface area contributed by atoms with Gasteiger partial charge in [-0.2, -0.15) is 0 Å². The topological polar surface area (TPSA) is 118 Å². The second kappa shape index (κ2) is 13.9. The molecule has 0 heterocycles. The minimum atomic E-state index is -1.09. The number of ether oxygens (including phenoxy) is 1. The van der Waals surface area contributed by atoms with E-state index in [0.29, 0.717) is 38.5 Å². The number of carboxylic acids is 2. The van der Waals surface area contributed by atoms with Crippen LogP contribution in [0.15, 0.2) is 45.6 Å². The predicted octanol–water partition coefficient (Wildman–Crippen LogP) is 6.98. The molecule has 0 saturated carbocycles. The Morgan fingerprint density at radius 2 is 0.974 bits per heavy atom. The zero-order chi connectivity index (χ0) is 27.8. The standard InChI is InChI=1S/C32H42O7/c33-29(34)25-19-11-9-17-23(21-13-5-1-2-6-14-21)27(25)31(37)39-32(38)28-24(22-15-7-3-4-8-16-22)18-10-12-20-26(28)30(35)36/h13,15,25-26H,1-12,14,16-20H2,(H,33,34)(H,35,36). The number of allylic oxidation sites excluding steroid dienone is 6. The lowest BCUT2D eigenvalue weighted by Gasteiger charge is -2.21. The first-order chi connectivity index (χ1) is 18.9. The Hall–Kier alpha value is -2.96. The van der Waals surface area contributed by atoms with E-state index in [9.17, 15) is 29.4 Å². The van der Waals surface area contributed by atoms with E-state index in [4.69, 9.17) is 4.74 Å². The number of aliphatic carboxylic acids is 2. The summed E-state index contributed by atoms with van der Waals surface area (Å²) in [4.78, 5) is 52.2. The fourth-order valence-electron chi connectivity index (χ4n) is 6.74. The summed E-state index contributed by atoms with van der Waals surface area (Å²) in [5.74, 6) is -6.13. The molecule has 0 aliphatic heterocycles. The van der Waals surface area contributed by atoms with Crippen LogP contribution in [0.4, 0.5) is 0 Å². The van der Waals surface area contributed by atoms with Gasteiger partial charge in [-0.3, -0.25) is 9.59 Å². The highest BCUT2D eigenvalue weighted by molar-refractivity contribution is 6.07. The van der Waals surface area contributed by atoms with Gasteiger partial charge in [0, 0.05) is 0 Å². The quantitative estimate of drug-likeness (QED) is 0.277. The first kappa shape index (κ1) is 29.0. The fourth-order valence-corrected chi connectivity index (χ4v) is 6.74. The lowest BCUT2D eigenvalue weighted by Crippen LogP contribution is -2.29. The molecule has 4 aliphatic carbocycles. The van der Waals surface area contributed by atoms with Crippen LogP contribution in [0.2, 0.25) is 0 Å². The summed E-state index contributed by atoms with van der Waals surface area (Å²) in [6.45, 7) is 0. The van der Waals surface area contributed by atoms with Gasteiger partial charge in [0.1, 0.15) is 0 Å². The first-order valence-corrected chi connectivity index (χ1v) is 15.0. The molecule has 0 spiro atoms. The molecule has 0 amide bonds. The Morgan fingerprint density at radius 1 is 0.564 bits per heavy atom. The minimum Gasteiger partial charge on any atom is -0.481 e. The van der Waals surface area contributed by atoms with Gasteiger partial charge >= 0.3 is 23.9 Å². The Labute approximate surface area is 231 Å². The smallest absolute Gasteiger partial charge is 0.343 e. The number of carbonyl (C=O) groups is 4. The van der Waals surface area contributed by atoms with Gasteiger partial charge < -0.3 is 14.9 Å². The maximum Gasteiger partial charge on any atom is 0.343 e. The van der Waals surface area contributed by atoms with Gasteiger partial charge in [-0.05, 0) is 112 Å². The van der Waals surface area contributed by atoms with Crippen LogP contribution in [0.3, 0.4) is 0 Å². The Kier molecular flexibility index (Phi) is 10.4. The van der Waals surface area contributed by atoms with Crippen LogP contribution in [0, 0.1) is 11.8 Å². The Morgan fingerprint density at radius 3 is 1.38 bits per heavy atom. The van der Waals surface area contributed by atoms with E-state index in [1.807, 2.05) is 0 Å². The van der Waals surface area contributed by atoms with Gasteiger partial charge in [0.05, 0.1) is 23.0 Å². The van der Waals surface area contributed by atoms with Crippen molar-refractivity contribution in [2.24, 2.45) is 11.8 Å². The van der Waals surface area contributed by atoms with Crippen LogP contribution in [-0.4, -0.2) is 34.1 Å². The highest BCUT2D eigenvalue weighted by Gasteiger charge is 2.39. The number of carboxylic acid groups (broad SMARTS) is 2. The summed E-state index contributed by atoms with van der Waals surface area (Å²) in [5.41, 5.74) is 3.60. The fraction of sp³-hybridized carbons (Fsp3) is 0.625. The van der Waals surface area contributed by atoms with Crippen molar-refractivity contribution >= 4 is 23.9 Å². The third kappa shape index (κ3) is 7.17. The van der Waals surface area contributed by atoms with Crippen molar-refractivity contribution in [2.75, 3.05) is 0 Å². The molecule has 0 radical (unpaired) electrons. The second-order valence-corrected chi connectivity index (χ2v) is 11.4. The molecule has 0 aromatic rings. The normalized spacial score (nSPS) is 25.3. The van der Waals surface area contributed by atoms with E-state index in [2.05, 4.69) is 12.2 Å². The van der Waals surface area contributed by atoms with E-state index in [1.165, 1.54) is 0 Å². The number of esters is 2. The lowest BCUT2D eigenvalue weighted by atomic mass is 9.86. The largest absolute Gasteiger partial charge is 0.481 e. The molecule has 2 atom stereocenters. The number of hydrogen-bond acceptors (Lipinski definition) is 5. The molecule has 2 N–H and O–H groups in total. The molecule has 2 unspecified atom stereocenters. The highest BCUT2D eigenvalue weighted by Crippen LogP contribution is 2.39. The number of hydrogen-bond donors (Lipinski definition) is 2. The summed E-state index contributed by atoms with van der Waals surface area (Å²) in [7, 11) is 0. The molecule has 7 nitrogen and oxygen atoms in total. The highest BCUT2D eigenvalue weighted by atomic mass is 16.6. The zero-order valence-corrected chi connectivity index (χ0v) is 23.0. The summed E-state index contributed by atoms with van der Waals surface area (Å²) in [6.07, 6.45) is 18.4. The van der Waals surface area contributed by atoms with Gasteiger partial charge in [0.15, 0.2) is 0 Å². The molecular weight excluding hydrogens is 496 g/mol. The lowest BCUT2D eigenvalue weighted by molar-refractivity contribution is -0.158. The van der Waals surface area contributed by atoms with Gasteiger partial charge in [-0.15, -0.1) is 0 Å². The maximum atomic E-state index is 13.8. The first-order valence-electron chi connectivity index (χ1n) is 15.0. The van der Waals surface area contributed by atoms with Crippen LogP contribution in [0.1, 0.15) is 116 Å². The van der Waals surface area contributed by atoms with Crippen molar-refractivity contribution in [3.8, 4) is 0 Å².